The van der Waals surface area contributed by atoms with Crippen molar-refractivity contribution in [2.45, 2.75) is 24.3 Å². The topological polar surface area (TPSA) is 97.7 Å². The minimum Gasteiger partial charge on any atom is -0.497 e. The summed E-state index contributed by atoms with van der Waals surface area (Å²) < 4.78 is 37.9. The number of carbonyl (C=O) groups is 1. The Balaban J connectivity index is 1.32. The van der Waals surface area contributed by atoms with Crippen molar-refractivity contribution < 1.29 is 27.5 Å². The number of carbonyl (C=O) groups excluding carboxylic acids is 1. The van der Waals surface area contributed by atoms with E-state index in [9.17, 15) is 13.2 Å². The molecule has 0 aromatic heterocycles. The van der Waals surface area contributed by atoms with Crippen molar-refractivity contribution in [2.75, 3.05) is 39.9 Å². The van der Waals surface area contributed by atoms with Crippen molar-refractivity contribution >= 4 is 21.6 Å². The second-order valence-electron chi connectivity index (χ2n) is 7.70. The van der Waals surface area contributed by atoms with Gasteiger partial charge in [0.15, 0.2) is 0 Å². The SMILES string of the molecule is CCOc1ccc(S(=O)(=O)N2CCN(C(=O)C3CC(c4ccc(OC)cc4)=NO3)CC2)cc1. The van der Waals surface area contributed by atoms with Gasteiger partial charge in [0.05, 0.1) is 24.3 Å². The molecule has 176 valence electrons. The summed E-state index contributed by atoms with van der Waals surface area (Å²) in [5.41, 5.74) is 1.57. The van der Waals surface area contributed by atoms with E-state index in [1.165, 1.54) is 4.31 Å². The first-order valence-electron chi connectivity index (χ1n) is 10.8. The fraction of sp³-hybridized carbons (Fsp3) is 0.391. The first-order chi connectivity index (χ1) is 15.9. The van der Waals surface area contributed by atoms with Crippen LogP contribution in [0.5, 0.6) is 11.5 Å². The predicted octanol–water partition coefficient (Wildman–Crippen LogP) is 2.12. The van der Waals surface area contributed by atoms with Gasteiger partial charge >= 0.3 is 0 Å². The Morgan fingerprint density at radius 1 is 1.03 bits per heavy atom. The van der Waals surface area contributed by atoms with Crippen LogP contribution in [0.2, 0.25) is 0 Å². The van der Waals surface area contributed by atoms with Gasteiger partial charge in [-0.15, -0.1) is 0 Å². The maximum Gasteiger partial charge on any atom is 0.266 e. The Bertz CT molecular complexity index is 1110. The molecule has 0 radical (unpaired) electrons. The summed E-state index contributed by atoms with van der Waals surface area (Å²) in [4.78, 5) is 20.2. The summed E-state index contributed by atoms with van der Waals surface area (Å²) in [5, 5.41) is 4.08. The lowest BCUT2D eigenvalue weighted by Gasteiger charge is -2.34. The number of hydrogen-bond donors (Lipinski definition) is 0. The third kappa shape index (κ3) is 4.96. The fourth-order valence-corrected chi connectivity index (χ4v) is 5.26. The van der Waals surface area contributed by atoms with Crippen molar-refractivity contribution in [2.24, 2.45) is 5.16 Å². The first kappa shape index (κ1) is 23.1. The summed E-state index contributed by atoms with van der Waals surface area (Å²) in [7, 11) is -2.04. The van der Waals surface area contributed by atoms with E-state index in [4.69, 9.17) is 14.3 Å². The Morgan fingerprint density at radius 3 is 2.27 bits per heavy atom. The zero-order valence-electron chi connectivity index (χ0n) is 18.6. The second kappa shape index (κ2) is 9.80. The van der Waals surface area contributed by atoms with Crippen LogP contribution in [0, 0.1) is 0 Å². The van der Waals surface area contributed by atoms with E-state index < -0.39 is 16.1 Å². The molecular formula is C23H27N3O6S. The number of hydrogen-bond acceptors (Lipinski definition) is 7. The molecule has 1 fully saturated rings. The van der Waals surface area contributed by atoms with Crippen LogP contribution in [-0.2, 0) is 19.7 Å². The lowest BCUT2D eigenvalue weighted by atomic mass is 10.0. The standard InChI is InChI=1S/C23H27N3O6S/c1-3-31-19-8-10-20(11-9-19)33(28,29)26-14-12-25(13-15-26)23(27)22-16-21(24-32-22)17-4-6-18(30-2)7-5-17/h4-11,22H,3,12-16H2,1-2H3. The van der Waals surface area contributed by atoms with Crippen LogP contribution >= 0.6 is 0 Å². The van der Waals surface area contributed by atoms with Crippen molar-refractivity contribution in [3.63, 3.8) is 0 Å². The smallest absolute Gasteiger partial charge is 0.266 e. The molecule has 0 spiro atoms. The Kier molecular flexibility index (Phi) is 6.85. The lowest BCUT2D eigenvalue weighted by Crippen LogP contribution is -2.52. The van der Waals surface area contributed by atoms with Gasteiger partial charge in [-0.2, -0.15) is 4.31 Å². The van der Waals surface area contributed by atoms with E-state index in [1.54, 1.807) is 36.3 Å². The van der Waals surface area contributed by atoms with E-state index >= 15 is 0 Å². The number of rotatable bonds is 7. The average Bonchev–Trinajstić information content (AvgIpc) is 3.35. The average molecular weight is 474 g/mol. The van der Waals surface area contributed by atoms with Gasteiger partial charge in [-0.3, -0.25) is 4.79 Å². The van der Waals surface area contributed by atoms with E-state index in [0.29, 0.717) is 37.6 Å². The highest BCUT2D eigenvalue weighted by molar-refractivity contribution is 7.89. The van der Waals surface area contributed by atoms with Gasteiger partial charge in [-0.25, -0.2) is 8.42 Å². The van der Waals surface area contributed by atoms with Gasteiger partial charge < -0.3 is 19.2 Å². The van der Waals surface area contributed by atoms with Gasteiger partial charge in [-0.1, -0.05) is 5.16 Å². The van der Waals surface area contributed by atoms with Crippen LogP contribution in [0.25, 0.3) is 0 Å². The minimum absolute atomic E-state index is 0.180. The third-order valence-corrected chi connectivity index (χ3v) is 7.60. The molecule has 2 aliphatic rings. The number of piperazine rings is 1. The van der Waals surface area contributed by atoms with E-state index in [2.05, 4.69) is 5.16 Å². The molecule has 0 bridgehead atoms. The molecule has 1 atom stereocenters. The molecule has 1 saturated heterocycles. The molecule has 1 amide bonds. The molecule has 0 N–H and O–H groups in total. The molecular weight excluding hydrogens is 446 g/mol. The largest absolute Gasteiger partial charge is 0.497 e. The number of oxime groups is 1. The van der Waals surface area contributed by atoms with Gasteiger partial charge in [0.1, 0.15) is 11.5 Å². The van der Waals surface area contributed by atoms with Gasteiger partial charge in [-0.05, 0) is 61.0 Å². The van der Waals surface area contributed by atoms with Crippen molar-refractivity contribution in [3.05, 3.63) is 54.1 Å². The Hall–Kier alpha value is -3.11. The molecule has 0 saturated carbocycles. The summed E-state index contributed by atoms with van der Waals surface area (Å²) >= 11 is 0. The summed E-state index contributed by atoms with van der Waals surface area (Å²) in [6, 6.07) is 13.8. The Labute approximate surface area is 193 Å². The van der Waals surface area contributed by atoms with Gasteiger partial charge in [0.2, 0.25) is 16.1 Å². The second-order valence-corrected chi connectivity index (χ2v) is 9.64. The number of ether oxygens (including phenoxy) is 2. The predicted molar refractivity (Wildman–Crippen MR) is 122 cm³/mol. The molecule has 1 unspecified atom stereocenters. The van der Waals surface area contributed by atoms with Crippen LogP contribution in [0.15, 0.2) is 58.6 Å². The fourth-order valence-electron chi connectivity index (χ4n) is 3.84. The highest BCUT2D eigenvalue weighted by atomic mass is 32.2. The van der Waals surface area contributed by atoms with E-state index in [0.717, 1.165) is 11.3 Å². The van der Waals surface area contributed by atoms with Crippen LogP contribution in [0.3, 0.4) is 0 Å². The summed E-state index contributed by atoms with van der Waals surface area (Å²) in [6.45, 7) is 3.42. The maximum absolute atomic E-state index is 13.0. The monoisotopic (exact) mass is 473 g/mol. The van der Waals surface area contributed by atoms with Crippen LogP contribution in [0.1, 0.15) is 18.9 Å². The molecule has 33 heavy (non-hydrogen) atoms. The quantitative estimate of drug-likeness (QED) is 0.611. The van der Waals surface area contributed by atoms with Crippen LogP contribution < -0.4 is 9.47 Å². The first-order valence-corrected chi connectivity index (χ1v) is 12.3. The zero-order valence-corrected chi connectivity index (χ0v) is 19.5. The van der Waals surface area contributed by atoms with E-state index in [1.807, 2.05) is 31.2 Å². The van der Waals surface area contributed by atoms with Crippen molar-refractivity contribution in [1.82, 2.24) is 9.21 Å². The van der Waals surface area contributed by atoms with E-state index in [-0.39, 0.29) is 23.9 Å². The number of amides is 1. The number of sulfonamides is 1. The number of nitrogens with zero attached hydrogens (tertiary/aromatic N) is 3. The zero-order chi connectivity index (χ0) is 23.4. The minimum atomic E-state index is -3.64. The Morgan fingerprint density at radius 2 is 1.67 bits per heavy atom. The maximum atomic E-state index is 13.0. The van der Waals surface area contributed by atoms with Gasteiger partial charge in [0.25, 0.3) is 5.91 Å². The molecule has 2 aliphatic heterocycles. The molecule has 0 aliphatic carbocycles. The molecule has 2 aromatic rings. The highest BCUT2D eigenvalue weighted by Gasteiger charge is 2.36. The number of methoxy groups -OCH3 is 1. The van der Waals surface area contributed by atoms with Crippen LogP contribution in [0.4, 0.5) is 0 Å². The molecule has 4 rings (SSSR count). The van der Waals surface area contributed by atoms with Crippen molar-refractivity contribution in [3.8, 4) is 11.5 Å². The molecule has 2 aromatic carbocycles. The summed E-state index contributed by atoms with van der Waals surface area (Å²) in [6.07, 6.45) is -0.327. The molecule has 2 heterocycles. The molecule has 9 nitrogen and oxygen atoms in total. The highest BCUT2D eigenvalue weighted by Crippen LogP contribution is 2.23. The lowest BCUT2D eigenvalue weighted by molar-refractivity contribution is -0.143. The summed E-state index contributed by atoms with van der Waals surface area (Å²) in [5.74, 6) is 1.18. The van der Waals surface area contributed by atoms with Gasteiger partial charge in [0, 0.05) is 32.6 Å². The van der Waals surface area contributed by atoms with Crippen molar-refractivity contribution in [1.29, 1.82) is 0 Å². The number of benzene rings is 2. The third-order valence-electron chi connectivity index (χ3n) is 5.69. The molecule has 10 heteroatoms. The normalized spacial score (nSPS) is 19.0. The van der Waals surface area contributed by atoms with Crippen LogP contribution in [-0.4, -0.2) is 75.2 Å².